The van der Waals surface area contributed by atoms with Crippen LogP contribution in [-0.4, -0.2) is 13.1 Å². The van der Waals surface area contributed by atoms with E-state index in [1.165, 1.54) is 5.57 Å². The predicted octanol–water partition coefficient (Wildman–Crippen LogP) is 2.12. The molecule has 1 nitrogen and oxygen atoms in total. The van der Waals surface area contributed by atoms with Gasteiger partial charge in [-0.1, -0.05) is 23.8 Å². The van der Waals surface area contributed by atoms with Crippen molar-refractivity contribution < 1.29 is 0 Å². The number of allylic oxidation sites excluding steroid dienone is 2. The Balaban J connectivity index is 3.13. The van der Waals surface area contributed by atoms with Crippen LogP contribution in [0.15, 0.2) is 23.8 Å². The van der Waals surface area contributed by atoms with Crippen molar-refractivity contribution in [2.24, 2.45) is 0 Å². The summed E-state index contributed by atoms with van der Waals surface area (Å²) in [6.45, 7) is 8.20. The second-order valence-electron chi connectivity index (χ2n) is 2.51. The van der Waals surface area contributed by atoms with E-state index in [9.17, 15) is 0 Å². The van der Waals surface area contributed by atoms with Crippen molar-refractivity contribution in [1.29, 1.82) is 0 Å². The van der Waals surface area contributed by atoms with Crippen LogP contribution in [-0.2, 0) is 0 Å². The summed E-state index contributed by atoms with van der Waals surface area (Å²) in [5.41, 5.74) is 1.37. The monoisotopic (exact) mass is 139 g/mol. The molecule has 0 spiro atoms. The lowest BCUT2D eigenvalue weighted by Crippen LogP contribution is -2.12. The normalized spacial score (nSPS) is 10.3. The third kappa shape index (κ3) is 7.44. The number of nitrogens with one attached hydrogen (secondary N) is 1. The molecule has 0 aliphatic heterocycles. The summed E-state index contributed by atoms with van der Waals surface area (Å²) in [5, 5.41) is 3.25. The first-order valence-electron chi connectivity index (χ1n) is 3.72. The van der Waals surface area contributed by atoms with E-state index in [1.54, 1.807) is 0 Å². The Morgan fingerprint density at radius 3 is 2.50 bits per heavy atom. The molecule has 1 heteroatoms. The van der Waals surface area contributed by atoms with Crippen LogP contribution in [0.5, 0.6) is 0 Å². The average Bonchev–Trinajstić information content (AvgIpc) is 1.87. The molecule has 0 rings (SSSR count). The van der Waals surface area contributed by atoms with Crippen molar-refractivity contribution in [2.45, 2.75) is 20.8 Å². The van der Waals surface area contributed by atoms with Crippen LogP contribution < -0.4 is 5.32 Å². The van der Waals surface area contributed by atoms with Gasteiger partial charge in [0.1, 0.15) is 0 Å². The molecule has 0 fully saturated rings. The van der Waals surface area contributed by atoms with Crippen LogP contribution in [0.2, 0.25) is 0 Å². The lowest BCUT2D eigenvalue weighted by molar-refractivity contribution is 0.838. The average molecular weight is 139 g/mol. The fourth-order valence-corrected chi connectivity index (χ4v) is 0.561. The summed E-state index contributed by atoms with van der Waals surface area (Å²) in [6, 6.07) is 0. The summed E-state index contributed by atoms with van der Waals surface area (Å²) in [4.78, 5) is 0. The summed E-state index contributed by atoms with van der Waals surface area (Å²) >= 11 is 0. The van der Waals surface area contributed by atoms with E-state index in [-0.39, 0.29) is 0 Å². The lowest BCUT2D eigenvalue weighted by atomic mass is 10.3. The largest absolute Gasteiger partial charge is 0.310 e. The second kappa shape index (κ2) is 6.56. The molecule has 0 aliphatic carbocycles. The first kappa shape index (κ1) is 9.44. The van der Waals surface area contributed by atoms with Crippen molar-refractivity contribution in [3.63, 3.8) is 0 Å². The third-order valence-corrected chi connectivity index (χ3v) is 1.15. The summed E-state index contributed by atoms with van der Waals surface area (Å²) < 4.78 is 0. The van der Waals surface area contributed by atoms with Crippen molar-refractivity contribution in [2.75, 3.05) is 13.1 Å². The van der Waals surface area contributed by atoms with Crippen LogP contribution in [0.25, 0.3) is 0 Å². The van der Waals surface area contributed by atoms with Gasteiger partial charge >= 0.3 is 0 Å². The summed E-state index contributed by atoms with van der Waals surface area (Å²) in [5.74, 6) is 0. The Morgan fingerprint density at radius 2 is 2.00 bits per heavy atom. The molecule has 0 bridgehead atoms. The van der Waals surface area contributed by atoms with Gasteiger partial charge in [-0.05, 0) is 20.8 Å². The molecule has 0 aromatic heterocycles. The highest BCUT2D eigenvalue weighted by molar-refractivity contribution is 4.94. The van der Waals surface area contributed by atoms with Crippen molar-refractivity contribution >= 4 is 0 Å². The Morgan fingerprint density at radius 1 is 1.30 bits per heavy atom. The van der Waals surface area contributed by atoms with E-state index in [4.69, 9.17) is 0 Å². The molecule has 0 aromatic carbocycles. The minimum absolute atomic E-state index is 0.972. The van der Waals surface area contributed by atoms with Gasteiger partial charge in [-0.15, -0.1) is 0 Å². The van der Waals surface area contributed by atoms with Gasteiger partial charge in [0.25, 0.3) is 0 Å². The fraction of sp³-hybridized carbons (Fsp3) is 0.556. The highest BCUT2D eigenvalue weighted by atomic mass is 14.8. The Hall–Kier alpha value is -0.560. The van der Waals surface area contributed by atoms with Gasteiger partial charge in [-0.3, -0.25) is 0 Å². The quantitative estimate of drug-likeness (QED) is 0.464. The maximum Gasteiger partial charge on any atom is 0.0140 e. The van der Waals surface area contributed by atoms with Crippen LogP contribution in [0.1, 0.15) is 20.8 Å². The molecule has 0 radical (unpaired) electrons. The molecule has 0 saturated carbocycles. The third-order valence-electron chi connectivity index (χ3n) is 1.15. The van der Waals surface area contributed by atoms with Crippen molar-refractivity contribution in [1.82, 2.24) is 5.32 Å². The van der Waals surface area contributed by atoms with E-state index in [1.807, 2.05) is 6.92 Å². The van der Waals surface area contributed by atoms with Crippen molar-refractivity contribution in [3.8, 4) is 0 Å². The fourth-order valence-electron chi connectivity index (χ4n) is 0.561. The number of hydrogen-bond acceptors (Lipinski definition) is 1. The molecule has 0 aliphatic rings. The zero-order chi connectivity index (χ0) is 7.82. The van der Waals surface area contributed by atoms with Crippen molar-refractivity contribution in [3.05, 3.63) is 23.8 Å². The molecule has 0 saturated heterocycles. The molecule has 0 aromatic rings. The highest BCUT2D eigenvalue weighted by Gasteiger charge is 1.77. The molecular weight excluding hydrogens is 122 g/mol. The van der Waals surface area contributed by atoms with E-state index in [0.29, 0.717) is 0 Å². The van der Waals surface area contributed by atoms with Gasteiger partial charge in [-0.2, -0.15) is 0 Å². The van der Waals surface area contributed by atoms with Crippen LogP contribution in [0.4, 0.5) is 0 Å². The topological polar surface area (TPSA) is 12.0 Å². The van der Waals surface area contributed by atoms with Gasteiger partial charge in [0, 0.05) is 13.1 Å². The zero-order valence-electron chi connectivity index (χ0n) is 7.15. The Bertz CT molecular complexity index is 119. The molecule has 0 heterocycles. The number of hydrogen-bond donors (Lipinski definition) is 1. The van der Waals surface area contributed by atoms with E-state index in [2.05, 4.69) is 37.4 Å². The maximum absolute atomic E-state index is 3.25. The van der Waals surface area contributed by atoms with Gasteiger partial charge in [-0.25, -0.2) is 0 Å². The van der Waals surface area contributed by atoms with Gasteiger partial charge in [0.15, 0.2) is 0 Å². The minimum Gasteiger partial charge on any atom is -0.310 e. The smallest absolute Gasteiger partial charge is 0.0140 e. The number of rotatable bonds is 4. The first-order valence-corrected chi connectivity index (χ1v) is 3.72. The SMILES string of the molecule is C/C=C/CNCC=C(C)C. The van der Waals surface area contributed by atoms with Crippen LogP contribution >= 0.6 is 0 Å². The lowest BCUT2D eigenvalue weighted by Gasteiger charge is -1.94. The molecule has 0 unspecified atom stereocenters. The molecule has 0 atom stereocenters. The second-order valence-corrected chi connectivity index (χ2v) is 2.51. The van der Waals surface area contributed by atoms with Crippen LogP contribution in [0, 0.1) is 0 Å². The zero-order valence-corrected chi connectivity index (χ0v) is 7.15. The Labute approximate surface area is 63.8 Å². The van der Waals surface area contributed by atoms with E-state index >= 15 is 0 Å². The van der Waals surface area contributed by atoms with Gasteiger partial charge in [0.05, 0.1) is 0 Å². The Kier molecular flexibility index (Phi) is 6.19. The predicted molar refractivity (Wildman–Crippen MR) is 47.1 cm³/mol. The summed E-state index contributed by atoms with van der Waals surface area (Å²) in [6.07, 6.45) is 6.35. The molecule has 0 amide bonds. The van der Waals surface area contributed by atoms with Gasteiger partial charge < -0.3 is 5.32 Å². The van der Waals surface area contributed by atoms with Gasteiger partial charge in [0.2, 0.25) is 0 Å². The highest BCUT2D eigenvalue weighted by Crippen LogP contribution is 1.84. The standard InChI is InChI=1S/C9H17N/c1-4-5-7-10-8-6-9(2)3/h4-6,10H,7-8H2,1-3H3/b5-4+. The molecule has 58 valence electrons. The maximum atomic E-state index is 3.25. The first-order chi connectivity index (χ1) is 4.77. The molecule has 10 heavy (non-hydrogen) atoms. The minimum atomic E-state index is 0.972. The van der Waals surface area contributed by atoms with Crippen LogP contribution in [0.3, 0.4) is 0 Å². The van der Waals surface area contributed by atoms with E-state index in [0.717, 1.165) is 13.1 Å². The summed E-state index contributed by atoms with van der Waals surface area (Å²) in [7, 11) is 0. The molecule has 1 N–H and O–H groups in total. The van der Waals surface area contributed by atoms with E-state index < -0.39 is 0 Å². The molecular formula is C9H17N.